The Kier molecular flexibility index (Phi) is 4.23. The Bertz CT molecular complexity index is 962. The maximum atomic E-state index is 12.6. The molecule has 2 aromatic carbocycles. The molecule has 4 aliphatic carbocycles. The number of aryl methyl sites for hydroxylation is 1. The highest BCUT2D eigenvalue weighted by Gasteiger charge is 2.51. The lowest BCUT2D eigenvalue weighted by Crippen LogP contribution is -2.48. The fourth-order valence-corrected chi connectivity index (χ4v) is 6.55. The Morgan fingerprint density at radius 3 is 2.28 bits per heavy atom. The van der Waals surface area contributed by atoms with E-state index in [0.29, 0.717) is 11.0 Å². The van der Waals surface area contributed by atoms with E-state index < -0.39 is 4.92 Å². The molecule has 0 aliphatic heterocycles. The third-order valence-electron chi connectivity index (χ3n) is 7.44. The van der Waals surface area contributed by atoms with Crippen LogP contribution in [0.5, 0.6) is 0 Å². The lowest BCUT2D eigenvalue weighted by molar-refractivity contribution is -0.384. The molecular weight excluding hydrogens is 364 g/mol. The molecule has 1 N–H and O–H groups in total. The molecule has 0 atom stereocenters. The van der Waals surface area contributed by atoms with Crippen LogP contribution in [0.1, 0.15) is 60.0 Å². The molecule has 0 aromatic heterocycles. The lowest BCUT2D eigenvalue weighted by atomic mass is 9.48. The van der Waals surface area contributed by atoms with E-state index in [9.17, 15) is 14.9 Å². The average Bonchev–Trinajstić information content (AvgIpc) is 2.68. The summed E-state index contributed by atoms with van der Waals surface area (Å²) in [4.78, 5) is 23.1. The monoisotopic (exact) mass is 390 g/mol. The zero-order chi connectivity index (χ0) is 20.2. The van der Waals surface area contributed by atoms with E-state index in [1.165, 1.54) is 62.3 Å². The minimum Gasteiger partial charge on any atom is -0.322 e. The van der Waals surface area contributed by atoms with Crippen molar-refractivity contribution in [1.82, 2.24) is 0 Å². The van der Waals surface area contributed by atoms with Crippen molar-refractivity contribution in [1.29, 1.82) is 0 Å². The summed E-state index contributed by atoms with van der Waals surface area (Å²) in [5, 5.41) is 13.9. The number of anilines is 1. The Morgan fingerprint density at radius 1 is 1.03 bits per heavy atom. The van der Waals surface area contributed by atoms with Gasteiger partial charge in [-0.15, -0.1) is 0 Å². The number of carbonyl (C=O) groups is 1. The van der Waals surface area contributed by atoms with Gasteiger partial charge in [-0.2, -0.15) is 0 Å². The Labute approximate surface area is 170 Å². The van der Waals surface area contributed by atoms with Crippen molar-refractivity contribution in [3.05, 3.63) is 69.3 Å². The lowest BCUT2D eigenvalue weighted by Gasteiger charge is -2.57. The van der Waals surface area contributed by atoms with Crippen LogP contribution in [0.15, 0.2) is 42.5 Å². The van der Waals surface area contributed by atoms with Gasteiger partial charge in [0, 0.05) is 23.4 Å². The fraction of sp³-hybridized carbons (Fsp3) is 0.458. The molecule has 4 aliphatic rings. The number of nitro groups is 1. The normalized spacial score (nSPS) is 29.6. The molecule has 4 bridgehead atoms. The molecule has 0 unspecified atom stereocenters. The molecule has 1 amide bonds. The van der Waals surface area contributed by atoms with Crippen molar-refractivity contribution in [2.24, 2.45) is 17.8 Å². The number of nitro benzene ring substituents is 1. The molecule has 0 saturated heterocycles. The maximum absolute atomic E-state index is 12.6. The highest BCUT2D eigenvalue weighted by Crippen LogP contribution is 2.60. The van der Waals surface area contributed by atoms with E-state index in [-0.39, 0.29) is 11.6 Å². The van der Waals surface area contributed by atoms with Crippen LogP contribution in [-0.2, 0) is 5.41 Å². The molecule has 150 valence electrons. The second kappa shape index (κ2) is 6.68. The Balaban J connectivity index is 1.37. The summed E-state index contributed by atoms with van der Waals surface area (Å²) in [6.45, 7) is 2.03. The number of non-ortho nitro benzene ring substituents is 1. The summed E-state index contributed by atoms with van der Waals surface area (Å²) in [5.74, 6) is 2.37. The first-order chi connectivity index (χ1) is 13.9. The van der Waals surface area contributed by atoms with E-state index in [1.54, 1.807) is 6.07 Å². The first-order valence-electron chi connectivity index (χ1n) is 10.6. The van der Waals surface area contributed by atoms with Gasteiger partial charge in [-0.05, 0) is 91.9 Å². The van der Waals surface area contributed by atoms with E-state index in [4.69, 9.17) is 0 Å². The number of nitrogens with zero attached hydrogens (tertiary/aromatic N) is 1. The summed E-state index contributed by atoms with van der Waals surface area (Å²) >= 11 is 0. The third kappa shape index (κ3) is 3.22. The number of rotatable bonds is 4. The molecule has 4 saturated carbocycles. The van der Waals surface area contributed by atoms with Crippen LogP contribution in [0.2, 0.25) is 0 Å². The van der Waals surface area contributed by atoms with Gasteiger partial charge in [-0.1, -0.05) is 18.2 Å². The summed E-state index contributed by atoms with van der Waals surface area (Å²) in [7, 11) is 0. The predicted octanol–water partition coefficient (Wildman–Crippen LogP) is 5.62. The van der Waals surface area contributed by atoms with E-state index in [2.05, 4.69) is 17.4 Å². The molecule has 0 radical (unpaired) electrons. The van der Waals surface area contributed by atoms with E-state index in [0.717, 1.165) is 29.0 Å². The summed E-state index contributed by atoms with van der Waals surface area (Å²) < 4.78 is 0. The van der Waals surface area contributed by atoms with E-state index in [1.807, 2.05) is 13.0 Å². The standard InChI is InChI=1S/C24H26N2O3/c1-15-7-20(24-12-16-8-17(13-24)10-18(9-16)14-24)5-6-22(15)25-23(27)19-3-2-4-21(11-19)26(28)29/h2-7,11,16-18H,8-10,12-14H2,1H3,(H,25,27). The SMILES string of the molecule is Cc1cc(C23CC4CC(CC(C4)C2)C3)ccc1NC(=O)c1cccc([N+](=O)[O-])c1. The van der Waals surface area contributed by atoms with Crippen LogP contribution in [0.4, 0.5) is 11.4 Å². The van der Waals surface area contributed by atoms with Crippen LogP contribution < -0.4 is 5.32 Å². The van der Waals surface area contributed by atoms with Crippen LogP contribution in [0, 0.1) is 34.8 Å². The number of carbonyl (C=O) groups excluding carboxylic acids is 1. The van der Waals surface area contributed by atoms with Crippen molar-refractivity contribution >= 4 is 17.3 Å². The number of hydrogen-bond donors (Lipinski definition) is 1. The van der Waals surface area contributed by atoms with Crippen molar-refractivity contribution in [2.75, 3.05) is 5.32 Å². The second-order valence-corrected chi connectivity index (χ2v) is 9.49. The molecule has 5 nitrogen and oxygen atoms in total. The van der Waals surface area contributed by atoms with Crippen molar-refractivity contribution in [3.63, 3.8) is 0 Å². The van der Waals surface area contributed by atoms with Gasteiger partial charge in [-0.25, -0.2) is 0 Å². The Morgan fingerprint density at radius 2 is 1.69 bits per heavy atom. The van der Waals surface area contributed by atoms with Gasteiger partial charge >= 0.3 is 0 Å². The second-order valence-electron chi connectivity index (χ2n) is 9.49. The fourth-order valence-electron chi connectivity index (χ4n) is 6.55. The smallest absolute Gasteiger partial charge is 0.270 e. The summed E-state index contributed by atoms with van der Waals surface area (Å²) in [5.41, 5.74) is 3.81. The first kappa shape index (κ1) is 18.3. The van der Waals surface area contributed by atoms with Gasteiger partial charge in [0.25, 0.3) is 11.6 Å². The number of hydrogen-bond acceptors (Lipinski definition) is 3. The molecule has 0 spiro atoms. The summed E-state index contributed by atoms with van der Waals surface area (Å²) in [6, 6.07) is 12.3. The number of amides is 1. The minimum atomic E-state index is -0.484. The average molecular weight is 390 g/mol. The number of nitrogens with one attached hydrogen (secondary N) is 1. The molecule has 4 fully saturated rings. The molecule has 2 aromatic rings. The highest BCUT2D eigenvalue weighted by molar-refractivity contribution is 6.05. The van der Waals surface area contributed by atoms with Gasteiger partial charge in [0.1, 0.15) is 0 Å². The van der Waals surface area contributed by atoms with Crippen LogP contribution in [-0.4, -0.2) is 10.8 Å². The third-order valence-corrected chi connectivity index (χ3v) is 7.44. The van der Waals surface area contributed by atoms with Crippen molar-refractivity contribution in [2.45, 2.75) is 50.9 Å². The van der Waals surface area contributed by atoms with Crippen LogP contribution in [0.25, 0.3) is 0 Å². The zero-order valence-corrected chi connectivity index (χ0v) is 16.7. The van der Waals surface area contributed by atoms with Gasteiger partial charge in [0.15, 0.2) is 0 Å². The largest absolute Gasteiger partial charge is 0.322 e. The van der Waals surface area contributed by atoms with Gasteiger partial charge in [0.05, 0.1) is 4.92 Å². The topological polar surface area (TPSA) is 72.2 Å². The van der Waals surface area contributed by atoms with Gasteiger partial charge in [0.2, 0.25) is 0 Å². The van der Waals surface area contributed by atoms with Crippen molar-refractivity contribution in [3.8, 4) is 0 Å². The predicted molar refractivity (Wildman–Crippen MR) is 112 cm³/mol. The van der Waals surface area contributed by atoms with Crippen LogP contribution in [0.3, 0.4) is 0 Å². The first-order valence-corrected chi connectivity index (χ1v) is 10.6. The summed E-state index contributed by atoms with van der Waals surface area (Å²) in [6.07, 6.45) is 8.23. The molecule has 0 heterocycles. The molecule has 29 heavy (non-hydrogen) atoms. The van der Waals surface area contributed by atoms with Crippen molar-refractivity contribution < 1.29 is 9.72 Å². The van der Waals surface area contributed by atoms with Gasteiger partial charge < -0.3 is 5.32 Å². The van der Waals surface area contributed by atoms with Gasteiger partial charge in [-0.3, -0.25) is 14.9 Å². The minimum absolute atomic E-state index is 0.0773. The molecule has 6 rings (SSSR count). The zero-order valence-electron chi connectivity index (χ0n) is 16.7. The molecule has 5 heteroatoms. The quantitative estimate of drug-likeness (QED) is 0.544. The Hall–Kier alpha value is -2.69. The number of benzene rings is 2. The highest BCUT2D eigenvalue weighted by atomic mass is 16.6. The van der Waals surface area contributed by atoms with E-state index >= 15 is 0 Å². The molecular formula is C24H26N2O3. The van der Waals surface area contributed by atoms with Crippen LogP contribution >= 0.6 is 0 Å². The maximum Gasteiger partial charge on any atom is 0.270 e.